The second-order valence-electron chi connectivity index (χ2n) is 5.64. The maximum absolute atomic E-state index is 6.40. The third-order valence-corrected chi connectivity index (χ3v) is 4.44. The Morgan fingerprint density at radius 3 is 2.45 bits per heavy atom. The first-order valence-corrected chi connectivity index (χ1v) is 7.72. The molecule has 3 unspecified atom stereocenters. The van der Waals surface area contributed by atoms with Gasteiger partial charge >= 0.3 is 0 Å². The highest BCUT2D eigenvalue weighted by atomic mass is 16.5. The highest BCUT2D eigenvalue weighted by Crippen LogP contribution is 2.31. The molecule has 2 rings (SSSR count). The van der Waals surface area contributed by atoms with Crippen LogP contribution in [-0.4, -0.2) is 25.8 Å². The summed E-state index contributed by atoms with van der Waals surface area (Å²) in [7, 11) is 1.69. The molecule has 1 N–H and O–H groups in total. The monoisotopic (exact) mass is 277 g/mol. The molecule has 3 heteroatoms. The molecule has 1 heterocycles. The lowest BCUT2D eigenvalue weighted by Gasteiger charge is -2.39. The molecule has 3 atom stereocenters. The Labute approximate surface area is 122 Å². The van der Waals surface area contributed by atoms with Crippen LogP contribution in [0.5, 0.6) is 5.75 Å². The summed E-state index contributed by atoms with van der Waals surface area (Å²) >= 11 is 0. The van der Waals surface area contributed by atoms with Crippen LogP contribution in [0, 0.1) is 5.92 Å². The lowest BCUT2D eigenvalue weighted by Crippen LogP contribution is -2.49. The van der Waals surface area contributed by atoms with Gasteiger partial charge in [-0.3, -0.25) is 0 Å². The maximum atomic E-state index is 6.40. The fourth-order valence-electron chi connectivity index (χ4n) is 3.02. The normalized spacial score (nSPS) is 26.8. The van der Waals surface area contributed by atoms with Crippen LogP contribution in [0.25, 0.3) is 0 Å². The van der Waals surface area contributed by atoms with Crippen molar-refractivity contribution in [1.82, 2.24) is 5.32 Å². The Balaban J connectivity index is 2.11. The molecule has 0 radical (unpaired) electrons. The lowest BCUT2D eigenvalue weighted by atomic mass is 9.92. The van der Waals surface area contributed by atoms with Gasteiger partial charge in [-0.05, 0) is 30.5 Å². The van der Waals surface area contributed by atoms with E-state index in [4.69, 9.17) is 9.47 Å². The average Bonchev–Trinajstić information content (AvgIpc) is 2.50. The van der Waals surface area contributed by atoms with Crippen LogP contribution in [0.2, 0.25) is 0 Å². The van der Waals surface area contributed by atoms with Crippen LogP contribution in [0.1, 0.15) is 45.3 Å². The molecule has 1 aromatic carbocycles. The second-order valence-corrected chi connectivity index (χ2v) is 5.64. The van der Waals surface area contributed by atoms with E-state index in [0.29, 0.717) is 18.1 Å². The van der Waals surface area contributed by atoms with E-state index in [-0.39, 0.29) is 6.10 Å². The Morgan fingerprint density at radius 2 is 1.90 bits per heavy atom. The van der Waals surface area contributed by atoms with E-state index >= 15 is 0 Å². The summed E-state index contributed by atoms with van der Waals surface area (Å²) in [5.41, 5.74) is 1.22. The van der Waals surface area contributed by atoms with Crippen molar-refractivity contribution >= 4 is 0 Å². The van der Waals surface area contributed by atoms with Crippen LogP contribution >= 0.6 is 0 Å². The summed E-state index contributed by atoms with van der Waals surface area (Å²) in [6, 6.07) is 8.57. The van der Waals surface area contributed by atoms with Gasteiger partial charge in [0.25, 0.3) is 0 Å². The summed E-state index contributed by atoms with van der Waals surface area (Å²) in [5, 5.41) is 3.60. The molecule has 3 nitrogen and oxygen atoms in total. The van der Waals surface area contributed by atoms with Crippen molar-refractivity contribution < 1.29 is 9.47 Å². The van der Waals surface area contributed by atoms with Crippen molar-refractivity contribution in [1.29, 1.82) is 0 Å². The van der Waals surface area contributed by atoms with Crippen molar-refractivity contribution in [2.45, 2.75) is 51.9 Å². The van der Waals surface area contributed by atoms with E-state index in [1.165, 1.54) is 18.4 Å². The Kier molecular flexibility index (Phi) is 5.44. The largest absolute Gasteiger partial charge is 0.497 e. The number of hydrogen-bond acceptors (Lipinski definition) is 3. The van der Waals surface area contributed by atoms with Gasteiger partial charge in [0.15, 0.2) is 0 Å². The minimum Gasteiger partial charge on any atom is -0.497 e. The van der Waals surface area contributed by atoms with E-state index in [1.54, 1.807) is 7.11 Å². The van der Waals surface area contributed by atoms with Gasteiger partial charge in [0.2, 0.25) is 0 Å². The fourth-order valence-corrected chi connectivity index (χ4v) is 3.02. The van der Waals surface area contributed by atoms with Crippen LogP contribution in [-0.2, 0) is 4.74 Å². The van der Waals surface area contributed by atoms with E-state index in [1.807, 2.05) is 12.1 Å². The molecular formula is C17H27NO2. The van der Waals surface area contributed by atoms with Crippen molar-refractivity contribution in [2.75, 3.05) is 13.7 Å². The third kappa shape index (κ3) is 3.33. The van der Waals surface area contributed by atoms with E-state index in [0.717, 1.165) is 12.3 Å². The molecule has 0 aromatic heterocycles. The fraction of sp³-hybridized carbons (Fsp3) is 0.647. The summed E-state index contributed by atoms with van der Waals surface area (Å²) in [6.07, 6.45) is 2.78. The Hall–Kier alpha value is -1.06. The Morgan fingerprint density at radius 1 is 1.25 bits per heavy atom. The molecule has 1 aliphatic rings. The molecule has 20 heavy (non-hydrogen) atoms. The van der Waals surface area contributed by atoms with Crippen molar-refractivity contribution in [3.63, 3.8) is 0 Å². The second kappa shape index (κ2) is 7.09. The first-order chi connectivity index (χ1) is 9.69. The van der Waals surface area contributed by atoms with Crippen LogP contribution in [0.15, 0.2) is 24.3 Å². The number of methoxy groups -OCH3 is 1. The lowest BCUT2D eigenvalue weighted by molar-refractivity contribution is -0.0881. The van der Waals surface area contributed by atoms with Gasteiger partial charge in [0, 0.05) is 12.6 Å². The molecule has 0 spiro atoms. The maximum Gasteiger partial charge on any atom is 0.118 e. The first-order valence-electron chi connectivity index (χ1n) is 7.72. The zero-order chi connectivity index (χ0) is 14.5. The molecule has 1 aliphatic heterocycles. The van der Waals surface area contributed by atoms with E-state index < -0.39 is 0 Å². The van der Waals surface area contributed by atoms with Crippen molar-refractivity contribution in [2.24, 2.45) is 5.92 Å². The van der Waals surface area contributed by atoms with Gasteiger partial charge in [-0.25, -0.2) is 0 Å². The molecule has 0 aliphatic carbocycles. The summed E-state index contributed by atoms with van der Waals surface area (Å²) in [4.78, 5) is 0. The van der Waals surface area contributed by atoms with Crippen LogP contribution in [0.4, 0.5) is 0 Å². The van der Waals surface area contributed by atoms with Gasteiger partial charge in [-0.15, -0.1) is 0 Å². The van der Waals surface area contributed by atoms with Gasteiger partial charge < -0.3 is 14.8 Å². The first kappa shape index (κ1) is 15.3. The smallest absolute Gasteiger partial charge is 0.118 e. The molecule has 0 saturated carbocycles. The quantitative estimate of drug-likeness (QED) is 0.893. The molecule has 1 fully saturated rings. The number of hydrogen-bond donors (Lipinski definition) is 1. The predicted molar refractivity (Wildman–Crippen MR) is 82.1 cm³/mol. The van der Waals surface area contributed by atoms with Gasteiger partial charge in [0.05, 0.1) is 19.3 Å². The highest BCUT2D eigenvalue weighted by Gasteiger charge is 2.32. The zero-order valence-corrected chi connectivity index (χ0v) is 13.1. The summed E-state index contributed by atoms with van der Waals surface area (Å²) in [5.74, 6) is 1.53. The number of morpholine rings is 1. The molecule has 1 saturated heterocycles. The Bertz CT molecular complexity index is 400. The minimum absolute atomic E-state index is 0.125. The van der Waals surface area contributed by atoms with Gasteiger partial charge in [-0.2, -0.15) is 0 Å². The SMILES string of the molecule is CCC(CC)C1CNC(C)C(c2ccc(OC)cc2)O1. The van der Waals surface area contributed by atoms with Crippen molar-refractivity contribution in [3.05, 3.63) is 29.8 Å². The zero-order valence-electron chi connectivity index (χ0n) is 13.1. The number of rotatable bonds is 5. The topological polar surface area (TPSA) is 30.5 Å². The molecule has 1 aromatic rings. The third-order valence-electron chi connectivity index (χ3n) is 4.44. The molecule has 0 amide bonds. The number of ether oxygens (including phenoxy) is 2. The summed E-state index contributed by atoms with van der Waals surface area (Å²) in [6.45, 7) is 7.65. The molecule has 0 bridgehead atoms. The van der Waals surface area contributed by atoms with Crippen molar-refractivity contribution in [3.8, 4) is 5.75 Å². The highest BCUT2D eigenvalue weighted by molar-refractivity contribution is 5.29. The number of nitrogens with one attached hydrogen (secondary N) is 1. The average molecular weight is 277 g/mol. The van der Waals surface area contributed by atoms with Gasteiger partial charge in [0.1, 0.15) is 5.75 Å². The van der Waals surface area contributed by atoms with E-state index in [2.05, 4.69) is 38.2 Å². The standard InChI is InChI=1S/C17H27NO2/c1-5-13(6-2)16-11-18-12(3)17(20-16)14-7-9-15(19-4)10-8-14/h7-10,12-13,16-18H,5-6,11H2,1-4H3. The predicted octanol–water partition coefficient (Wildman–Crippen LogP) is 3.55. The van der Waals surface area contributed by atoms with E-state index in [9.17, 15) is 0 Å². The van der Waals surface area contributed by atoms with Crippen LogP contribution in [0.3, 0.4) is 0 Å². The minimum atomic E-state index is 0.125. The summed E-state index contributed by atoms with van der Waals surface area (Å²) < 4.78 is 11.6. The number of benzene rings is 1. The molecule has 112 valence electrons. The van der Waals surface area contributed by atoms with Gasteiger partial charge in [-0.1, -0.05) is 38.8 Å². The molecular weight excluding hydrogens is 250 g/mol. The van der Waals surface area contributed by atoms with Crippen LogP contribution < -0.4 is 10.1 Å².